The van der Waals surface area contributed by atoms with Crippen molar-refractivity contribution in [3.8, 4) is 0 Å². The molecule has 0 fully saturated rings. The molecule has 108 valence electrons. The highest BCUT2D eigenvalue weighted by Gasteiger charge is 2.23. The predicted octanol–water partition coefficient (Wildman–Crippen LogP) is 4.28. The Morgan fingerprint density at radius 3 is 2.67 bits per heavy atom. The van der Waals surface area contributed by atoms with E-state index in [1.807, 2.05) is 30.8 Å². The first-order chi connectivity index (χ1) is 10.3. The molecule has 1 N–H and O–H groups in total. The lowest BCUT2D eigenvalue weighted by Crippen LogP contribution is -2.25. The maximum absolute atomic E-state index is 5.71. The summed E-state index contributed by atoms with van der Waals surface area (Å²) in [5.41, 5.74) is 3.44. The molecule has 0 spiro atoms. The monoisotopic (exact) mass is 280 g/mol. The first kappa shape index (κ1) is 13.8. The molecule has 0 aliphatic carbocycles. The Bertz CT molecular complexity index is 705. The molecule has 3 aromatic rings. The fourth-order valence-corrected chi connectivity index (χ4v) is 2.87. The summed E-state index contributed by atoms with van der Waals surface area (Å²) in [7, 11) is 0. The van der Waals surface area contributed by atoms with Crippen molar-refractivity contribution in [2.75, 3.05) is 6.54 Å². The number of hydrogen-bond acceptors (Lipinski definition) is 3. The molecule has 3 nitrogen and oxygen atoms in total. The van der Waals surface area contributed by atoms with Crippen LogP contribution < -0.4 is 5.32 Å². The molecule has 2 unspecified atom stereocenters. The second kappa shape index (κ2) is 6.10. The van der Waals surface area contributed by atoms with Gasteiger partial charge < -0.3 is 9.73 Å². The van der Waals surface area contributed by atoms with Gasteiger partial charge in [0.15, 0.2) is 0 Å². The largest absolute Gasteiger partial charge is 0.464 e. The Morgan fingerprint density at radius 2 is 1.90 bits per heavy atom. The summed E-state index contributed by atoms with van der Waals surface area (Å²) in [4.78, 5) is 4.11. The third-order valence-corrected chi connectivity index (χ3v) is 4.00. The summed E-state index contributed by atoms with van der Waals surface area (Å²) < 4.78 is 5.71. The lowest BCUT2D eigenvalue weighted by atomic mass is 9.89. The Labute approximate surface area is 125 Å². The van der Waals surface area contributed by atoms with Gasteiger partial charge in [0.05, 0.1) is 6.26 Å². The minimum absolute atomic E-state index is 0.223. The number of nitrogens with zero attached hydrogens (tertiary/aromatic N) is 1. The third kappa shape index (κ3) is 2.69. The van der Waals surface area contributed by atoms with Crippen LogP contribution in [0.1, 0.15) is 36.9 Å². The van der Waals surface area contributed by atoms with Crippen molar-refractivity contribution >= 4 is 11.0 Å². The third-order valence-electron chi connectivity index (χ3n) is 4.00. The van der Waals surface area contributed by atoms with Crippen LogP contribution in [-0.4, -0.2) is 11.5 Å². The molecule has 0 radical (unpaired) electrons. The number of likely N-dealkylation sites (N-methyl/N-ethyl adjacent to an activating group) is 1. The van der Waals surface area contributed by atoms with Gasteiger partial charge in [0.1, 0.15) is 5.58 Å². The van der Waals surface area contributed by atoms with Crippen molar-refractivity contribution in [1.82, 2.24) is 10.3 Å². The molecule has 0 amide bonds. The summed E-state index contributed by atoms with van der Waals surface area (Å²) in [5.74, 6) is 0.342. The van der Waals surface area contributed by atoms with E-state index < -0.39 is 0 Å². The number of furan rings is 1. The van der Waals surface area contributed by atoms with E-state index in [2.05, 4.69) is 48.4 Å². The molecule has 3 rings (SSSR count). The molecule has 2 aromatic heterocycles. The quantitative estimate of drug-likeness (QED) is 0.758. The highest BCUT2D eigenvalue weighted by Crippen LogP contribution is 2.35. The maximum Gasteiger partial charge on any atom is 0.134 e. The van der Waals surface area contributed by atoms with Crippen LogP contribution in [0.15, 0.2) is 59.5 Å². The van der Waals surface area contributed by atoms with Crippen molar-refractivity contribution in [2.24, 2.45) is 0 Å². The summed E-state index contributed by atoms with van der Waals surface area (Å²) in [5, 5.41) is 4.78. The second-order valence-corrected chi connectivity index (χ2v) is 5.29. The van der Waals surface area contributed by atoms with Crippen molar-refractivity contribution < 1.29 is 4.42 Å². The van der Waals surface area contributed by atoms with E-state index in [-0.39, 0.29) is 6.04 Å². The normalized spacial score (nSPS) is 14.2. The highest BCUT2D eigenvalue weighted by atomic mass is 16.3. The molecule has 2 atom stereocenters. The first-order valence-electron chi connectivity index (χ1n) is 7.40. The summed E-state index contributed by atoms with van der Waals surface area (Å²) >= 11 is 0. The van der Waals surface area contributed by atoms with E-state index in [0.717, 1.165) is 12.1 Å². The smallest absolute Gasteiger partial charge is 0.134 e. The van der Waals surface area contributed by atoms with E-state index in [1.165, 1.54) is 16.5 Å². The van der Waals surface area contributed by atoms with Gasteiger partial charge in [0.25, 0.3) is 0 Å². The SMILES string of the molecule is CCNC(c1coc2ccccc12)C(C)c1ccncc1. The lowest BCUT2D eigenvalue weighted by molar-refractivity contribution is 0.473. The zero-order chi connectivity index (χ0) is 14.7. The number of benzene rings is 1. The Morgan fingerprint density at radius 1 is 1.14 bits per heavy atom. The molecular weight excluding hydrogens is 260 g/mol. The van der Waals surface area contributed by atoms with E-state index in [4.69, 9.17) is 4.42 Å². The van der Waals surface area contributed by atoms with Gasteiger partial charge in [-0.15, -0.1) is 0 Å². The van der Waals surface area contributed by atoms with Gasteiger partial charge in [0.2, 0.25) is 0 Å². The minimum Gasteiger partial charge on any atom is -0.464 e. The molecular formula is C18H20N2O. The number of rotatable bonds is 5. The number of nitrogens with one attached hydrogen (secondary N) is 1. The van der Waals surface area contributed by atoms with E-state index in [1.54, 1.807) is 0 Å². The Kier molecular flexibility index (Phi) is 4.02. The van der Waals surface area contributed by atoms with Crippen molar-refractivity contribution in [1.29, 1.82) is 0 Å². The molecule has 1 aromatic carbocycles. The average molecular weight is 280 g/mol. The molecule has 0 saturated carbocycles. The number of pyridine rings is 1. The molecule has 21 heavy (non-hydrogen) atoms. The van der Waals surface area contributed by atoms with Gasteiger partial charge >= 0.3 is 0 Å². The van der Waals surface area contributed by atoms with Crippen LogP contribution in [-0.2, 0) is 0 Å². The van der Waals surface area contributed by atoms with E-state index in [0.29, 0.717) is 5.92 Å². The van der Waals surface area contributed by atoms with Crippen LogP contribution in [0.25, 0.3) is 11.0 Å². The van der Waals surface area contributed by atoms with Gasteiger partial charge in [-0.2, -0.15) is 0 Å². The van der Waals surface area contributed by atoms with Gasteiger partial charge in [0, 0.05) is 35.3 Å². The zero-order valence-electron chi connectivity index (χ0n) is 12.4. The Balaban J connectivity index is 2.01. The van der Waals surface area contributed by atoms with Crippen LogP contribution in [0.3, 0.4) is 0 Å². The molecule has 3 heteroatoms. The van der Waals surface area contributed by atoms with Crippen molar-refractivity contribution in [3.63, 3.8) is 0 Å². The van der Waals surface area contributed by atoms with Crippen molar-refractivity contribution in [2.45, 2.75) is 25.8 Å². The van der Waals surface area contributed by atoms with Crippen LogP contribution in [0, 0.1) is 0 Å². The molecule has 0 aliphatic rings. The average Bonchev–Trinajstić information content (AvgIpc) is 2.97. The van der Waals surface area contributed by atoms with E-state index in [9.17, 15) is 0 Å². The minimum atomic E-state index is 0.223. The number of para-hydroxylation sites is 1. The van der Waals surface area contributed by atoms with Crippen LogP contribution >= 0.6 is 0 Å². The van der Waals surface area contributed by atoms with Gasteiger partial charge in [-0.25, -0.2) is 0 Å². The summed E-state index contributed by atoms with van der Waals surface area (Å²) in [6.07, 6.45) is 5.58. The Hall–Kier alpha value is -2.13. The van der Waals surface area contributed by atoms with Gasteiger partial charge in [-0.3, -0.25) is 4.98 Å². The fourth-order valence-electron chi connectivity index (χ4n) is 2.87. The zero-order valence-corrected chi connectivity index (χ0v) is 12.4. The maximum atomic E-state index is 5.71. The van der Waals surface area contributed by atoms with Crippen LogP contribution in [0.4, 0.5) is 0 Å². The van der Waals surface area contributed by atoms with Gasteiger partial charge in [-0.05, 0) is 30.3 Å². The second-order valence-electron chi connectivity index (χ2n) is 5.29. The first-order valence-corrected chi connectivity index (χ1v) is 7.40. The molecule has 0 aliphatic heterocycles. The molecule has 0 saturated heterocycles. The summed E-state index contributed by atoms with van der Waals surface area (Å²) in [6.45, 7) is 5.29. The highest BCUT2D eigenvalue weighted by molar-refractivity contribution is 5.81. The number of hydrogen-bond donors (Lipinski definition) is 1. The summed E-state index contributed by atoms with van der Waals surface area (Å²) in [6, 6.07) is 12.6. The standard InChI is InChI=1S/C18H20N2O/c1-3-20-18(13(2)14-8-10-19-11-9-14)16-12-21-17-7-5-4-6-15(16)17/h4-13,18,20H,3H2,1-2H3. The van der Waals surface area contributed by atoms with E-state index >= 15 is 0 Å². The lowest BCUT2D eigenvalue weighted by Gasteiger charge is -2.24. The molecule has 0 bridgehead atoms. The molecule has 2 heterocycles. The fraction of sp³-hybridized carbons (Fsp3) is 0.278. The topological polar surface area (TPSA) is 38.1 Å². The number of aromatic nitrogens is 1. The van der Waals surface area contributed by atoms with Crippen LogP contribution in [0.5, 0.6) is 0 Å². The number of fused-ring (bicyclic) bond motifs is 1. The van der Waals surface area contributed by atoms with Crippen LogP contribution in [0.2, 0.25) is 0 Å². The predicted molar refractivity (Wildman–Crippen MR) is 85.3 cm³/mol. The van der Waals surface area contributed by atoms with Gasteiger partial charge in [-0.1, -0.05) is 32.0 Å². The van der Waals surface area contributed by atoms with Crippen molar-refractivity contribution in [3.05, 3.63) is 66.2 Å².